The number of amides is 2. The molecule has 3 rings (SSSR count). The Hall–Kier alpha value is -2.04. The molecular formula is C19H26N2O3. The smallest absolute Gasteiger partial charge is 0.258 e. The van der Waals surface area contributed by atoms with Crippen LogP contribution in [0.5, 0.6) is 5.75 Å². The summed E-state index contributed by atoms with van der Waals surface area (Å²) in [7, 11) is 0. The summed E-state index contributed by atoms with van der Waals surface area (Å²) in [6, 6.07) is 7.68. The SMILES string of the molecule is C[C@H]1CCCC[C@H]1NC(=O)COc1cccc(N2CCCC2=O)c1. The Morgan fingerprint density at radius 2 is 2.12 bits per heavy atom. The third-order valence-corrected chi connectivity index (χ3v) is 5.03. The zero-order valence-corrected chi connectivity index (χ0v) is 14.3. The molecule has 1 saturated heterocycles. The summed E-state index contributed by atoms with van der Waals surface area (Å²) in [4.78, 5) is 25.7. The van der Waals surface area contributed by atoms with E-state index in [0.29, 0.717) is 18.1 Å². The first-order valence-electron chi connectivity index (χ1n) is 8.96. The van der Waals surface area contributed by atoms with Crippen molar-refractivity contribution in [3.8, 4) is 5.75 Å². The normalized spacial score (nSPS) is 24.0. The van der Waals surface area contributed by atoms with Gasteiger partial charge in [0.15, 0.2) is 6.61 Å². The van der Waals surface area contributed by atoms with Crippen LogP contribution in [-0.2, 0) is 9.59 Å². The van der Waals surface area contributed by atoms with Crippen molar-refractivity contribution in [3.05, 3.63) is 24.3 Å². The van der Waals surface area contributed by atoms with Gasteiger partial charge in [-0.3, -0.25) is 9.59 Å². The molecule has 0 bridgehead atoms. The Bertz CT molecular complexity index is 602. The van der Waals surface area contributed by atoms with Crippen LogP contribution in [0.3, 0.4) is 0 Å². The lowest BCUT2D eigenvalue weighted by atomic mass is 9.86. The Kier molecular flexibility index (Phi) is 5.38. The molecule has 24 heavy (non-hydrogen) atoms. The molecule has 130 valence electrons. The van der Waals surface area contributed by atoms with Crippen LogP contribution in [0.2, 0.25) is 0 Å². The fourth-order valence-corrected chi connectivity index (χ4v) is 3.59. The zero-order valence-electron chi connectivity index (χ0n) is 14.3. The molecule has 1 aromatic carbocycles. The quantitative estimate of drug-likeness (QED) is 0.903. The molecule has 2 amide bonds. The molecule has 0 aromatic heterocycles. The van der Waals surface area contributed by atoms with Crippen LogP contribution >= 0.6 is 0 Å². The molecule has 1 saturated carbocycles. The van der Waals surface area contributed by atoms with Crippen molar-refractivity contribution in [1.82, 2.24) is 5.32 Å². The number of hydrogen-bond donors (Lipinski definition) is 1. The average Bonchev–Trinajstić information content (AvgIpc) is 3.01. The summed E-state index contributed by atoms with van der Waals surface area (Å²) in [6.45, 7) is 2.96. The first kappa shape index (κ1) is 16.8. The second kappa shape index (κ2) is 7.69. The van der Waals surface area contributed by atoms with Gasteiger partial charge >= 0.3 is 0 Å². The van der Waals surface area contributed by atoms with Gasteiger partial charge in [0.05, 0.1) is 0 Å². The highest BCUT2D eigenvalue weighted by molar-refractivity contribution is 5.95. The third-order valence-electron chi connectivity index (χ3n) is 5.03. The first-order valence-corrected chi connectivity index (χ1v) is 8.96. The molecule has 2 atom stereocenters. The number of nitrogens with one attached hydrogen (secondary N) is 1. The molecule has 2 fully saturated rings. The van der Waals surface area contributed by atoms with E-state index in [4.69, 9.17) is 4.74 Å². The first-order chi connectivity index (χ1) is 11.6. The minimum Gasteiger partial charge on any atom is -0.484 e. The molecule has 0 unspecified atom stereocenters. The Labute approximate surface area is 143 Å². The van der Waals surface area contributed by atoms with Crippen LogP contribution < -0.4 is 15.0 Å². The van der Waals surface area contributed by atoms with E-state index in [1.54, 1.807) is 4.90 Å². The van der Waals surface area contributed by atoms with E-state index in [2.05, 4.69) is 12.2 Å². The van der Waals surface area contributed by atoms with Crippen LogP contribution in [0.25, 0.3) is 0 Å². The third kappa shape index (κ3) is 4.08. The molecule has 1 aromatic rings. The summed E-state index contributed by atoms with van der Waals surface area (Å²) >= 11 is 0. The standard InChI is InChI=1S/C19H26N2O3/c1-14-6-2-3-9-17(14)20-18(22)13-24-16-8-4-7-15(12-16)21-11-5-10-19(21)23/h4,7-8,12,14,17H,2-3,5-6,9-11,13H2,1H3,(H,20,22)/t14-,17+/m0/s1. The summed E-state index contributed by atoms with van der Waals surface area (Å²) in [6.07, 6.45) is 6.17. The van der Waals surface area contributed by atoms with E-state index >= 15 is 0 Å². The number of anilines is 1. The minimum atomic E-state index is -0.0728. The van der Waals surface area contributed by atoms with E-state index in [9.17, 15) is 9.59 Å². The van der Waals surface area contributed by atoms with E-state index < -0.39 is 0 Å². The lowest BCUT2D eigenvalue weighted by Gasteiger charge is -2.29. The van der Waals surface area contributed by atoms with Crippen molar-refractivity contribution in [2.75, 3.05) is 18.1 Å². The van der Waals surface area contributed by atoms with E-state index in [1.807, 2.05) is 24.3 Å². The van der Waals surface area contributed by atoms with Gasteiger partial charge in [0, 0.05) is 30.8 Å². The van der Waals surface area contributed by atoms with E-state index in [-0.39, 0.29) is 24.5 Å². The average molecular weight is 330 g/mol. The fourth-order valence-electron chi connectivity index (χ4n) is 3.59. The molecular weight excluding hydrogens is 304 g/mol. The molecule has 5 heteroatoms. The van der Waals surface area contributed by atoms with Gasteiger partial charge in [0.25, 0.3) is 5.91 Å². The van der Waals surface area contributed by atoms with E-state index in [1.165, 1.54) is 19.3 Å². The molecule has 1 aliphatic carbocycles. The van der Waals surface area contributed by atoms with Gasteiger partial charge in [-0.05, 0) is 37.3 Å². The Balaban J connectivity index is 1.52. The largest absolute Gasteiger partial charge is 0.484 e. The maximum absolute atomic E-state index is 12.1. The van der Waals surface area contributed by atoms with Crippen molar-refractivity contribution < 1.29 is 14.3 Å². The van der Waals surface area contributed by atoms with Gasteiger partial charge in [-0.15, -0.1) is 0 Å². The molecule has 1 N–H and O–H groups in total. The monoisotopic (exact) mass is 330 g/mol. The molecule has 2 aliphatic rings. The number of ether oxygens (including phenoxy) is 1. The van der Waals surface area contributed by atoms with Gasteiger partial charge in [0.2, 0.25) is 5.91 Å². The number of nitrogens with zero attached hydrogens (tertiary/aromatic N) is 1. The molecule has 0 radical (unpaired) electrons. The highest BCUT2D eigenvalue weighted by Gasteiger charge is 2.23. The van der Waals surface area contributed by atoms with Crippen molar-refractivity contribution in [3.63, 3.8) is 0 Å². The van der Waals surface area contributed by atoms with Gasteiger partial charge in [-0.2, -0.15) is 0 Å². The van der Waals surface area contributed by atoms with Crippen LogP contribution in [0.4, 0.5) is 5.69 Å². The number of rotatable bonds is 5. The van der Waals surface area contributed by atoms with Gasteiger partial charge in [0.1, 0.15) is 5.75 Å². The van der Waals surface area contributed by atoms with Gasteiger partial charge < -0.3 is 15.0 Å². The topological polar surface area (TPSA) is 58.6 Å². The van der Waals surface area contributed by atoms with Crippen LogP contribution in [0.1, 0.15) is 45.4 Å². The second-order valence-corrected chi connectivity index (χ2v) is 6.87. The lowest BCUT2D eigenvalue weighted by Crippen LogP contribution is -2.43. The van der Waals surface area contributed by atoms with Crippen molar-refractivity contribution in [2.24, 2.45) is 5.92 Å². The summed E-state index contributed by atoms with van der Waals surface area (Å²) in [5, 5.41) is 3.09. The van der Waals surface area contributed by atoms with Gasteiger partial charge in [-0.1, -0.05) is 25.8 Å². The highest BCUT2D eigenvalue weighted by Crippen LogP contribution is 2.26. The molecule has 1 heterocycles. The minimum absolute atomic E-state index is 0.0145. The number of hydrogen-bond acceptors (Lipinski definition) is 3. The number of carbonyl (C=O) groups is 2. The predicted molar refractivity (Wildman–Crippen MR) is 93.1 cm³/mol. The van der Waals surface area contributed by atoms with Gasteiger partial charge in [-0.25, -0.2) is 0 Å². The van der Waals surface area contributed by atoms with Crippen LogP contribution in [-0.4, -0.2) is 31.0 Å². The lowest BCUT2D eigenvalue weighted by molar-refractivity contribution is -0.124. The van der Waals surface area contributed by atoms with Crippen LogP contribution in [0, 0.1) is 5.92 Å². The Morgan fingerprint density at radius 1 is 1.29 bits per heavy atom. The second-order valence-electron chi connectivity index (χ2n) is 6.87. The highest BCUT2D eigenvalue weighted by atomic mass is 16.5. The summed E-state index contributed by atoms with van der Waals surface area (Å²) in [5.41, 5.74) is 0.844. The maximum atomic E-state index is 12.1. The van der Waals surface area contributed by atoms with Crippen molar-refractivity contribution in [2.45, 2.75) is 51.5 Å². The maximum Gasteiger partial charge on any atom is 0.258 e. The zero-order chi connectivity index (χ0) is 16.9. The molecule has 5 nitrogen and oxygen atoms in total. The van der Waals surface area contributed by atoms with E-state index in [0.717, 1.165) is 25.1 Å². The van der Waals surface area contributed by atoms with Crippen molar-refractivity contribution >= 4 is 17.5 Å². The fraction of sp³-hybridized carbons (Fsp3) is 0.579. The number of carbonyl (C=O) groups excluding carboxylic acids is 2. The van der Waals surface area contributed by atoms with Crippen LogP contribution in [0.15, 0.2) is 24.3 Å². The predicted octanol–water partition coefficient (Wildman–Crippen LogP) is 2.89. The van der Waals surface area contributed by atoms with Crippen molar-refractivity contribution in [1.29, 1.82) is 0 Å². The Morgan fingerprint density at radius 3 is 2.88 bits per heavy atom. The molecule has 0 spiro atoms. The number of benzene rings is 1. The molecule has 1 aliphatic heterocycles. The summed E-state index contributed by atoms with van der Waals surface area (Å²) in [5.74, 6) is 1.24. The summed E-state index contributed by atoms with van der Waals surface area (Å²) < 4.78 is 5.63.